The average Bonchev–Trinajstić information content (AvgIpc) is 2.99. The number of rotatable bonds is 5. The second kappa shape index (κ2) is 5.95. The molecule has 0 aliphatic heterocycles. The standard InChI is InChI=1S/C13H9ClF5NO3/c14-7-1-5(8(15)2-4(7)10(16)17)11(21)20-3-6-9(12(22)23)13(6,18)19/h1-2,6,9-10H,3H2,(H,20,21)(H,22,23)/t6-,9-/m0/s1. The molecule has 0 bridgehead atoms. The first kappa shape index (κ1) is 17.5. The number of alkyl halides is 4. The van der Waals surface area contributed by atoms with Crippen LogP contribution in [0.15, 0.2) is 12.1 Å². The zero-order valence-electron chi connectivity index (χ0n) is 11.1. The summed E-state index contributed by atoms with van der Waals surface area (Å²) in [7, 11) is 0. The Hall–Kier alpha value is -1.90. The summed E-state index contributed by atoms with van der Waals surface area (Å²) in [5.41, 5.74) is -1.50. The van der Waals surface area contributed by atoms with Crippen LogP contribution < -0.4 is 5.32 Å². The molecule has 1 aliphatic carbocycles. The number of carbonyl (C=O) groups is 2. The first-order chi connectivity index (χ1) is 10.6. The molecule has 0 unspecified atom stereocenters. The van der Waals surface area contributed by atoms with Crippen LogP contribution in [0.1, 0.15) is 22.3 Å². The molecule has 1 amide bonds. The van der Waals surface area contributed by atoms with Gasteiger partial charge in [-0.15, -0.1) is 0 Å². The van der Waals surface area contributed by atoms with Gasteiger partial charge in [0.1, 0.15) is 11.7 Å². The van der Waals surface area contributed by atoms with E-state index in [9.17, 15) is 31.5 Å². The number of carbonyl (C=O) groups excluding carboxylic acids is 1. The highest BCUT2D eigenvalue weighted by Crippen LogP contribution is 2.54. The highest BCUT2D eigenvalue weighted by atomic mass is 35.5. The van der Waals surface area contributed by atoms with Crippen molar-refractivity contribution in [3.05, 3.63) is 34.1 Å². The molecule has 2 N–H and O–H groups in total. The Morgan fingerprint density at radius 1 is 1.35 bits per heavy atom. The lowest BCUT2D eigenvalue weighted by Crippen LogP contribution is -2.28. The number of amides is 1. The number of halogens is 6. The maximum absolute atomic E-state index is 13.6. The van der Waals surface area contributed by atoms with Crippen molar-refractivity contribution >= 4 is 23.5 Å². The maximum atomic E-state index is 13.6. The minimum Gasteiger partial charge on any atom is -0.481 e. The Balaban J connectivity index is 2.08. The Morgan fingerprint density at radius 2 is 1.96 bits per heavy atom. The summed E-state index contributed by atoms with van der Waals surface area (Å²) in [6.45, 7) is -0.698. The summed E-state index contributed by atoms with van der Waals surface area (Å²) in [5.74, 6) is -11.1. The quantitative estimate of drug-likeness (QED) is 0.796. The van der Waals surface area contributed by atoms with Crippen molar-refractivity contribution in [3.8, 4) is 0 Å². The number of benzene rings is 1. The van der Waals surface area contributed by atoms with Gasteiger partial charge in [0.25, 0.3) is 18.3 Å². The van der Waals surface area contributed by atoms with E-state index in [-0.39, 0.29) is 0 Å². The van der Waals surface area contributed by atoms with Gasteiger partial charge >= 0.3 is 5.97 Å². The molecular formula is C13H9ClF5NO3. The van der Waals surface area contributed by atoms with Crippen LogP contribution in [0.4, 0.5) is 22.0 Å². The Kier molecular flexibility index (Phi) is 4.52. The molecule has 0 aromatic heterocycles. The van der Waals surface area contributed by atoms with Crippen LogP contribution in [-0.2, 0) is 4.79 Å². The van der Waals surface area contributed by atoms with Gasteiger partial charge in [0.05, 0.1) is 16.5 Å². The number of hydrogen-bond donors (Lipinski definition) is 2. The monoisotopic (exact) mass is 357 g/mol. The molecule has 0 heterocycles. The van der Waals surface area contributed by atoms with E-state index in [2.05, 4.69) is 0 Å². The minimum atomic E-state index is -3.46. The Morgan fingerprint density at radius 3 is 2.43 bits per heavy atom. The molecule has 4 nitrogen and oxygen atoms in total. The summed E-state index contributed by atoms with van der Waals surface area (Å²) < 4.78 is 65.0. The van der Waals surface area contributed by atoms with Crippen LogP contribution in [0, 0.1) is 17.7 Å². The van der Waals surface area contributed by atoms with Crippen molar-refractivity contribution in [1.82, 2.24) is 5.32 Å². The normalized spacial score (nSPS) is 22.0. The molecule has 23 heavy (non-hydrogen) atoms. The van der Waals surface area contributed by atoms with E-state index in [0.717, 1.165) is 0 Å². The number of carboxylic acids is 1. The molecule has 1 aromatic carbocycles. The van der Waals surface area contributed by atoms with Gasteiger partial charge in [-0.1, -0.05) is 11.6 Å². The average molecular weight is 358 g/mol. The van der Waals surface area contributed by atoms with Gasteiger partial charge in [-0.2, -0.15) is 0 Å². The van der Waals surface area contributed by atoms with E-state index in [1.807, 2.05) is 5.32 Å². The van der Waals surface area contributed by atoms with Crippen LogP contribution in [-0.4, -0.2) is 29.5 Å². The van der Waals surface area contributed by atoms with E-state index in [0.29, 0.717) is 12.1 Å². The van der Waals surface area contributed by atoms with E-state index < -0.39 is 64.6 Å². The van der Waals surface area contributed by atoms with E-state index in [4.69, 9.17) is 16.7 Å². The lowest BCUT2D eigenvalue weighted by Gasteiger charge is -2.09. The third kappa shape index (κ3) is 3.24. The summed E-state index contributed by atoms with van der Waals surface area (Å²) in [4.78, 5) is 22.3. The molecule has 1 aromatic rings. The first-order valence-electron chi connectivity index (χ1n) is 6.23. The lowest BCUT2D eigenvalue weighted by molar-refractivity contribution is -0.140. The molecule has 2 rings (SSSR count). The second-order valence-electron chi connectivity index (χ2n) is 4.96. The highest BCUT2D eigenvalue weighted by Gasteiger charge is 2.72. The number of hydrogen-bond acceptors (Lipinski definition) is 2. The van der Waals surface area contributed by atoms with Gasteiger partial charge < -0.3 is 10.4 Å². The molecule has 1 saturated carbocycles. The van der Waals surface area contributed by atoms with Crippen LogP contribution in [0.5, 0.6) is 0 Å². The predicted molar refractivity (Wildman–Crippen MR) is 68.3 cm³/mol. The summed E-state index contributed by atoms with van der Waals surface area (Å²) in [6.07, 6.45) is -3.05. The smallest absolute Gasteiger partial charge is 0.313 e. The summed E-state index contributed by atoms with van der Waals surface area (Å²) >= 11 is 5.50. The summed E-state index contributed by atoms with van der Waals surface area (Å²) in [6, 6.07) is 1.04. The van der Waals surface area contributed by atoms with E-state index in [1.165, 1.54) is 0 Å². The molecule has 126 valence electrons. The molecule has 10 heteroatoms. The fourth-order valence-electron chi connectivity index (χ4n) is 2.18. The Labute approximate surface area is 131 Å². The third-order valence-electron chi connectivity index (χ3n) is 3.52. The van der Waals surface area contributed by atoms with Gasteiger partial charge in [0.2, 0.25) is 0 Å². The number of carboxylic acid groups (broad SMARTS) is 1. The largest absolute Gasteiger partial charge is 0.481 e. The number of nitrogens with one attached hydrogen (secondary N) is 1. The van der Waals surface area contributed by atoms with Gasteiger partial charge in [-0.05, 0) is 12.1 Å². The van der Waals surface area contributed by atoms with Crippen LogP contribution in [0.2, 0.25) is 5.02 Å². The zero-order chi connectivity index (χ0) is 17.5. The van der Waals surface area contributed by atoms with Gasteiger partial charge in [-0.3, -0.25) is 9.59 Å². The van der Waals surface area contributed by atoms with E-state index in [1.54, 1.807) is 0 Å². The molecule has 1 aliphatic rings. The lowest BCUT2D eigenvalue weighted by atomic mass is 10.1. The van der Waals surface area contributed by atoms with Crippen LogP contribution >= 0.6 is 11.6 Å². The van der Waals surface area contributed by atoms with Crippen LogP contribution in [0.3, 0.4) is 0 Å². The molecular weight excluding hydrogens is 349 g/mol. The highest BCUT2D eigenvalue weighted by molar-refractivity contribution is 6.31. The van der Waals surface area contributed by atoms with Gasteiger partial charge in [-0.25, -0.2) is 22.0 Å². The van der Waals surface area contributed by atoms with Gasteiger partial charge in [0, 0.05) is 12.1 Å². The fraction of sp³-hybridized carbons (Fsp3) is 0.385. The molecule has 0 spiro atoms. The van der Waals surface area contributed by atoms with Crippen molar-refractivity contribution < 1.29 is 36.6 Å². The van der Waals surface area contributed by atoms with E-state index >= 15 is 0 Å². The third-order valence-corrected chi connectivity index (χ3v) is 3.84. The topological polar surface area (TPSA) is 66.4 Å². The van der Waals surface area contributed by atoms with Crippen molar-refractivity contribution in [3.63, 3.8) is 0 Å². The van der Waals surface area contributed by atoms with Crippen molar-refractivity contribution in [1.29, 1.82) is 0 Å². The molecule has 0 saturated heterocycles. The fourth-order valence-corrected chi connectivity index (χ4v) is 2.43. The van der Waals surface area contributed by atoms with Crippen LogP contribution in [0.25, 0.3) is 0 Å². The Bertz CT molecular complexity index is 667. The molecule has 2 atom stereocenters. The minimum absolute atomic E-state index is 0.383. The predicted octanol–water partition coefficient (Wildman–Crippen LogP) is 3.11. The van der Waals surface area contributed by atoms with Gasteiger partial charge in [0.15, 0.2) is 0 Å². The SMILES string of the molecule is O=C(NC[C@H]1[C@@H](C(=O)O)C1(F)F)c1cc(Cl)c(C(F)F)cc1F. The molecule has 0 radical (unpaired) electrons. The maximum Gasteiger partial charge on any atom is 0.313 e. The van der Waals surface area contributed by atoms with Crippen molar-refractivity contribution in [2.45, 2.75) is 12.3 Å². The summed E-state index contributed by atoms with van der Waals surface area (Å²) in [5, 5.41) is 9.96. The zero-order valence-corrected chi connectivity index (χ0v) is 11.9. The number of aliphatic carboxylic acids is 1. The molecule has 1 fully saturated rings. The first-order valence-corrected chi connectivity index (χ1v) is 6.61. The second-order valence-corrected chi connectivity index (χ2v) is 5.37. The van der Waals surface area contributed by atoms with Crippen molar-refractivity contribution in [2.24, 2.45) is 11.8 Å². The van der Waals surface area contributed by atoms with Crippen molar-refractivity contribution in [2.75, 3.05) is 6.54 Å².